The van der Waals surface area contributed by atoms with Gasteiger partial charge in [0.1, 0.15) is 0 Å². The molecule has 0 bridgehead atoms. The molecule has 0 aliphatic carbocycles. The zero-order chi connectivity index (χ0) is 11.6. The molecule has 0 fully saturated rings. The summed E-state index contributed by atoms with van der Waals surface area (Å²) in [5.74, 6) is -0.731. The number of amides is 1. The van der Waals surface area contributed by atoms with Gasteiger partial charge in [0, 0.05) is 5.56 Å². The molecule has 0 heterocycles. The first-order chi connectivity index (χ1) is 6.97. The van der Waals surface area contributed by atoms with Crippen molar-refractivity contribution in [2.24, 2.45) is 5.73 Å². The maximum atomic E-state index is 10.8. The van der Waals surface area contributed by atoms with E-state index in [0.29, 0.717) is 6.29 Å². The second kappa shape index (κ2) is 4.34. The number of halogens is 1. The standard InChI is InChI=1S/C8H5IN2O4/c9-6-2-4(8(10)13)1-5(3-12)7(6)11(14)15/h1-3H,(H2,10,13). The summed E-state index contributed by atoms with van der Waals surface area (Å²) >= 11 is 1.68. The number of hydrogen-bond acceptors (Lipinski definition) is 4. The Morgan fingerprint density at radius 3 is 2.53 bits per heavy atom. The number of carbonyl (C=O) groups excluding carboxylic acids is 2. The van der Waals surface area contributed by atoms with Gasteiger partial charge >= 0.3 is 0 Å². The fourth-order valence-corrected chi connectivity index (χ4v) is 1.89. The van der Waals surface area contributed by atoms with Crippen LogP contribution in [-0.4, -0.2) is 17.1 Å². The Balaban J connectivity index is 3.50. The molecule has 0 aromatic heterocycles. The highest BCUT2D eigenvalue weighted by molar-refractivity contribution is 14.1. The summed E-state index contributed by atoms with van der Waals surface area (Å²) < 4.78 is 0.205. The zero-order valence-electron chi connectivity index (χ0n) is 7.27. The van der Waals surface area contributed by atoms with E-state index < -0.39 is 10.8 Å². The van der Waals surface area contributed by atoms with Crippen LogP contribution in [0.15, 0.2) is 12.1 Å². The van der Waals surface area contributed by atoms with Crippen LogP contribution in [0.3, 0.4) is 0 Å². The predicted molar refractivity (Wildman–Crippen MR) is 59.7 cm³/mol. The van der Waals surface area contributed by atoms with Gasteiger partial charge < -0.3 is 5.73 Å². The van der Waals surface area contributed by atoms with E-state index in [1.165, 1.54) is 6.07 Å². The van der Waals surface area contributed by atoms with E-state index in [2.05, 4.69) is 0 Å². The molecule has 0 spiro atoms. The zero-order valence-corrected chi connectivity index (χ0v) is 9.43. The van der Waals surface area contributed by atoms with Gasteiger partial charge in [0.05, 0.1) is 14.1 Å². The van der Waals surface area contributed by atoms with Gasteiger partial charge in [-0.15, -0.1) is 0 Å². The molecule has 1 aromatic carbocycles. The van der Waals surface area contributed by atoms with Crippen molar-refractivity contribution < 1.29 is 14.5 Å². The number of nitrogens with zero attached hydrogens (tertiary/aromatic N) is 1. The van der Waals surface area contributed by atoms with E-state index in [1.807, 2.05) is 0 Å². The van der Waals surface area contributed by atoms with Crippen LogP contribution in [0.2, 0.25) is 0 Å². The Kier molecular flexibility index (Phi) is 3.35. The lowest BCUT2D eigenvalue weighted by Crippen LogP contribution is -2.12. The molecule has 1 aromatic rings. The molecular weight excluding hydrogens is 315 g/mol. The first kappa shape index (κ1) is 11.6. The Morgan fingerprint density at radius 1 is 1.53 bits per heavy atom. The molecule has 0 aliphatic heterocycles. The molecule has 0 radical (unpaired) electrons. The predicted octanol–water partition coefficient (Wildman–Crippen LogP) is 1.11. The Bertz CT molecular complexity index is 458. The minimum Gasteiger partial charge on any atom is -0.366 e. The van der Waals surface area contributed by atoms with Crippen molar-refractivity contribution in [3.8, 4) is 0 Å². The molecule has 0 saturated carbocycles. The minimum atomic E-state index is -0.731. The van der Waals surface area contributed by atoms with E-state index in [9.17, 15) is 19.7 Å². The molecule has 0 aliphatic rings. The van der Waals surface area contributed by atoms with E-state index in [4.69, 9.17) is 5.73 Å². The first-order valence-electron chi connectivity index (χ1n) is 3.70. The van der Waals surface area contributed by atoms with Gasteiger partial charge in [0.25, 0.3) is 5.69 Å². The third-order valence-electron chi connectivity index (χ3n) is 1.69. The molecule has 78 valence electrons. The number of nitro benzene ring substituents is 1. The van der Waals surface area contributed by atoms with Crippen molar-refractivity contribution >= 4 is 40.5 Å². The molecule has 0 atom stereocenters. The van der Waals surface area contributed by atoms with Gasteiger partial charge in [0.2, 0.25) is 5.91 Å². The van der Waals surface area contributed by atoms with Crippen LogP contribution >= 0.6 is 22.6 Å². The fraction of sp³-hybridized carbons (Fsp3) is 0. The van der Waals surface area contributed by atoms with Gasteiger partial charge in [-0.05, 0) is 34.7 Å². The summed E-state index contributed by atoms with van der Waals surface area (Å²) in [6.07, 6.45) is 0.326. The molecule has 15 heavy (non-hydrogen) atoms. The number of primary amides is 1. The Hall–Kier alpha value is -1.51. The summed E-state index contributed by atoms with van der Waals surface area (Å²) in [6, 6.07) is 2.38. The molecule has 2 N–H and O–H groups in total. The molecule has 0 unspecified atom stereocenters. The van der Waals surface area contributed by atoms with Crippen molar-refractivity contribution in [3.63, 3.8) is 0 Å². The molecule has 6 nitrogen and oxygen atoms in total. The summed E-state index contributed by atoms with van der Waals surface area (Å²) in [5, 5.41) is 10.6. The van der Waals surface area contributed by atoms with Gasteiger partial charge in [-0.1, -0.05) is 0 Å². The molecule has 7 heteroatoms. The number of hydrogen-bond donors (Lipinski definition) is 1. The van der Waals surface area contributed by atoms with E-state index in [0.717, 1.165) is 6.07 Å². The van der Waals surface area contributed by atoms with Crippen LogP contribution in [0.25, 0.3) is 0 Å². The lowest BCUT2D eigenvalue weighted by molar-refractivity contribution is -0.386. The van der Waals surface area contributed by atoms with Crippen LogP contribution in [0.1, 0.15) is 20.7 Å². The summed E-state index contributed by atoms with van der Waals surface area (Å²) in [7, 11) is 0. The summed E-state index contributed by atoms with van der Waals surface area (Å²) in [4.78, 5) is 31.4. The van der Waals surface area contributed by atoms with Crippen LogP contribution in [-0.2, 0) is 0 Å². The number of aldehydes is 1. The first-order valence-corrected chi connectivity index (χ1v) is 4.78. The van der Waals surface area contributed by atoms with Gasteiger partial charge in [-0.3, -0.25) is 19.7 Å². The average Bonchev–Trinajstić information content (AvgIpc) is 2.15. The smallest absolute Gasteiger partial charge is 0.293 e. The molecule has 1 amide bonds. The van der Waals surface area contributed by atoms with Crippen LogP contribution < -0.4 is 5.73 Å². The molecule has 0 saturated heterocycles. The second-order valence-electron chi connectivity index (χ2n) is 2.64. The van der Waals surface area contributed by atoms with Crippen molar-refractivity contribution in [1.82, 2.24) is 0 Å². The minimum absolute atomic E-state index is 0.0760. The fourth-order valence-electron chi connectivity index (χ4n) is 1.05. The highest BCUT2D eigenvalue weighted by atomic mass is 127. The van der Waals surface area contributed by atoms with E-state index in [-0.39, 0.29) is 20.4 Å². The molecule has 1 rings (SSSR count). The third-order valence-corrected chi connectivity index (χ3v) is 2.51. The number of nitro groups is 1. The van der Waals surface area contributed by atoms with Crippen LogP contribution in [0, 0.1) is 13.7 Å². The second-order valence-corrected chi connectivity index (χ2v) is 3.80. The van der Waals surface area contributed by atoms with Gasteiger partial charge in [-0.2, -0.15) is 0 Å². The van der Waals surface area contributed by atoms with Crippen molar-refractivity contribution in [2.45, 2.75) is 0 Å². The van der Waals surface area contributed by atoms with Crippen LogP contribution in [0.4, 0.5) is 5.69 Å². The van der Waals surface area contributed by atoms with Crippen LogP contribution in [0.5, 0.6) is 0 Å². The quantitative estimate of drug-likeness (QED) is 0.390. The number of rotatable bonds is 3. The van der Waals surface area contributed by atoms with Crippen molar-refractivity contribution in [1.29, 1.82) is 0 Å². The van der Waals surface area contributed by atoms with E-state index in [1.54, 1.807) is 22.6 Å². The third kappa shape index (κ3) is 2.29. The monoisotopic (exact) mass is 320 g/mol. The average molecular weight is 320 g/mol. The highest BCUT2D eigenvalue weighted by Gasteiger charge is 2.20. The topological polar surface area (TPSA) is 103 Å². The Labute approximate surface area is 97.7 Å². The van der Waals surface area contributed by atoms with Gasteiger partial charge in [0.15, 0.2) is 6.29 Å². The lowest BCUT2D eigenvalue weighted by atomic mass is 10.1. The molecular formula is C8H5IN2O4. The number of benzene rings is 1. The summed E-state index contributed by atoms with van der Waals surface area (Å²) in [6.45, 7) is 0. The highest BCUT2D eigenvalue weighted by Crippen LogP contribution is 2.25. The maximum absolute atomic E-state index is 10.8. The van der Waals surface area contributed by atoms with E-state index >= 15 is 0 Å². The largest absolute Gasteiger partial charge is 0.366 e. The summed E-state index contributed by atoms with van der Waals surface area (Å²) in [5.41, 5.74) is 4.62. The normalized spacial score (nSPS) is 9.67. The van der Waals surface area contributed by atoms with Crippen molar-refractivity contribution in [3.05, 3.63) is 36.9 Å². The maximum Gasteiger partial charge on any atom is 0.293 e. The van der Waals surface area contributed by atoms with Crippen molar-refractivity contribution in [2.75, 3.05) is 0 Å². The van der Waals surface area contributed by atoms with Gasteiger partial charge in [-0.25, -0.2) is 0 Å². The SMILES string of the molecule is NC(=O)c1cc(I)c([N+](=O)[O-])c(C=O)c1. The lowest BCUT2D eigenvalue weighted by Gasteiger charge is -2.01. The number of nitrogens with two attached hydrogens (primary N) is 1. The number of carbonyl (C=O) groups is 2. The Morgan fingerprint density at radius 2 is 2.13 bits per heavy atom.